The van der Waals surface area contributed by atoms with Gasteiger partial charge in [-0.1, -0.05) is 0 Å². The van der Waals surface area contributed by atoms with Crippen LogP contribution < -0.4 is 4.90 Å². The first-order valence-corrected chi connectivity index (χ1v) is 8.31. The van der Waals surface area contributed by atoms with E-state index >= 15 is 0 Å². The molecule has 128 valence electrons. The lowest BCUT2D eigenvalue weighted by atomic mass is 10.2. The number of aromatic nitrogens is 4. The van der Waals surface area contributed by atoms with E-state index in [1.165, 1.54) is 0 Å². The Balaban J connectivity index is 0.00000169. The van der Waals surface area contributed by atoms with Crippen molar-refractivity contribution in [3.63, 3.8) is 0 Å². The third kappa shape index (κ3) is 2.66. The molecular weight excluding hydrogens is 346 g/mol. The molecule has 1 N–H and O–H groups in total. The van der Waals surface area contributed by atoms with E-state index in [-0.39, 0.29) is 18.6 Å². The normalized spacial score (nSPS) is 17.3. The van der Waals surface area contributed by atoms with Crippen molar-refractivity contribution in [2.24, 2.45) is 0 Å². The van der Waals surface area contributed by atoms with Crippen LogP contribution in [0.25, 0.3) is 21.9 Å². The van der Waals surface area contributed by atoms with E-state index in [9.17, 15) is 0 Å². The van der Waals surface area contributed by atoms with E-state index in [0.717, 1.165) is 58.5 Å². The van der Waals surface area contributed by atoms with Crippen LogP contribution in [0.3, 0.4) is 0 Å². The van der Waals surface area contributed by atoms with Crippen molar-refractivity contribution < 1.29 is 4.74 Å². The number of nitrogens with one attached hydrogen (secondary N) is 1. The number of halogens is 1. The maximum absolute atomic E-state index is 5.78. The van der Waals surface area contributed by atoms with Crippen molar-refractivity contribution in [3.05, 3.63) is 23.2 Å². The molecule has 3 aromatic rings. The Hall–Kier alpha value is -1.70. The van der Waals surface area contributed by atoms with Crippen LogP contribution in [0, 0.1) is 4.77 Å². The number of hydrogen-bond donors (Lipinski definition) is 1. The van der Waals surface area contributed by atoms with Gasteiger partial charge in [0.05, 0.1) is 16.6 Å². The van der Waals surface area contributed by atoms with Gasteiger partial charge < -0.3 is 19.2 Å². The number of benzene rings is 1. The number of ether oxygens (including phenoxy) is 1. The van der Waals surface area contributed by atoms with Crippen LogP contribution in [-0.4, -0.2) is 39.4 Å². The van der Waals surface area contributed by atoms with Gasteiger partial charge in [0.2, 0.25) is 0 Å². The fourth-order valence-electron chi connectivity index (χ4n) is 3.29. The molecule has 1 unspecified atom stereocenters. The van der Waals surface area contributed by atoms with Crippen LogP contribution in [-0.2, 0) is 11.3 Å². The Morgan fingerprint density at radius 1 is 1.42 bits per heavy atom. The predicted octanol–water partition coefficient (Wildman–Crippen LogP) is 3.66. The first kappa shape index (κ1) is 17.1. The quantitative estimate of drug-likeness (QED) is 0.718. The summed E-state index contributed by atoms with van der Waals surface area (Å²) in [6.07, 6.45) is 3.82. The molecule has 0 spiro atoms. The van der Waals surface area contributed by atoms with Crippen molar-refractivity contribution >= 4 is 52.4 Å². The highest BCUT2D eigenvalue weighted by Crippen LogP contribution is 2.29. The van der Waals surface area contributed by atoms with E-state index in [4.69, 9.17) is 17.0 Å². The highest BCUT2D eigenvalue weighted by molar-refractivity contribution is 7.71. The summed E-state index contributed by atoms with van der Waals surface area (Å²) in [5.41, 5.74) is 3.01. The van der Waals surface area contributed by atoms with Crippen LogP contribution in [0.4, 0.5) is 5.82 Å². The van der Waals surface area contributed by atoms with Gasteiger partial charge in [-0.05, 0) is 44.1 Å². The molecule has 1 fully saturated rings. The molecule has 2 aromatic heterocycles. The zero-order valence-corrected chi connectivity index (χ0v) is 15.3. The number of fused-ring (bicyclic) bond motifs is 2. The minimum Gasteiger partial charge on any atom is -0.358 e. The molecule has 1 aliphatic heterocycles. The summed E-state index contributed by atoms with van der Waals surface area (Å²) in [6.45, 7) is 3.73. The topological polar surface area (TPSA) is 59.0 Å². The van der Waals surface area contributed by atoms with Gasteiger partial charge in [-0.2, -0.15) is 0 Å². The molecular formula is C16H20ClN5OS. The third-order valence-corrected chi connectivity index (χ3v) is 4.82. The molecule has 8 heteroatoms. The molecule has 1 aromatic carbocycles. The minimum absolute atomic E-state index is 0. The van der Waals surface area contributed by atoms with Crippen molar-refractivity contribution in [3.8, 4) is 0 Å². The Kier molecular flexibility index (Phi) is 4.76. The maximum atomic E-state index is 5.78. The van der Waals surface area contributed by atoms with Crippen LogP contribution in [0.15, 0.2) is 18.5 Å². The van der Waals surface area contributed by atoms with Gasteiger partial charge in [0, 0.05) is 25.6 Å². The van der Waals surface area contributed by atoms with Gasteiger partial charge in [-0.15, -0.1) is 12.4 Å². The fraction of sp³-hybridized carbons (Fsp3) is 0.438. The lowest BCUT2D eigenvalue weighted by Gasteiger charge is -2.25. The zero-order valence-electron chi connectivity index (χ0n) is 13.7. The molecule has 0 radical (unpaired) electrons. The Bertz CT molecular complexity index is 931. The zero-order chi connectivity index (χ0) is 16.0. The number of aromatic amines is 1. The van der Waals surface area contributed by atoms with Gasteiger partial charge >= 0.3 is 0 Å². The van der Waals surface area contributed by atoms with Crippen molar-refractivity contribution in [1.82, 2.24) is 19.5 Å². The van der Waals surface area contributed by atoms with E-state index in [1.54, 1.807) is 6.33 Å². The molecule has 1 saturated heterocycles. The molecule has 0 bridgehead atoms. The summed E-state index contributed by atoms with van der Waals surface area (Å²) in [5.74, 6) is 0.896. The van der Waals surface area contributed by atoms with E-state index in [1.807, 2.05) is 7.05 Å². The number of imidazole rings is 1. The number of rotatable bonds is 3. The molecule has 24 heavy (non-hydrogen) atoms. The maximum Gasteiger partial charge on any atom is 0.178 e. The highest BCUT2D eigenvalue weighted by atomic mass is 35.5. The minimum atomic E-state index is 0. The molecule has 0 aliphatic carbocycles. The van der Waals surface area contributed by atoms with E-state index in [2.05, 4.69) is 43.5 Å². The lowest BCUT2D eigenvalue weighted by Crippen LogP contribution is -2.31. The number of anilines is 1. The second-order valence-electron chi connectivity index (χ2n) is 5.84. The van der Waals surface area contributed by atoms with E-state index < -0.39 is 0 Å². The number of hydrogen-bond acceptors (Lipinski definition) is 5. The van der Waals surface area contributed by atoms with Gasteiger partial charge in [0.15, 0.2) is 4.77 Å². The Morgan fingerprint density at radius 3 is 2.96 bits per heavy atom. The number of H-pyrrole nitrogens is 1. The number of aryl methyl sites for hydroxylation is 1. The third-order valence-electron chi connectivity index (χ3n) is 4.50. The first-order chi connectivity index (χ1) is 11.2. The monoisotopic (exact) mass is 365 g/mol. The highest BCUT2D eigenvalue weighted by Gasteiger charge is 2.23. The smallest absolute Gasteiger partial charge is 0.178 e. The van der Waals surface area contributed by atoms with Crippen molar-refractivity contribution in [2.75, 3.05) is 18.6 Å². The van der Waals surface area contributed by atoms with Crippen LogP contribution in [0.2, 0.25) is 0 Å². The molecule has 1 atom stereocenters. The second kappa shape index (κ2) is 6.66. The van der Waals surface area contributed by atoms with Crippen LogP contribution >= 0.6 is 24.6 Å². The summed E-state index contributed by atoms with van der Waals surface area (Å²) >= 11 is 5.40. The summed E-state index contributed by atoms with van der Waals surface area (Å²) in [5, 5.41) is 1.01. The Morgan fingerprint density at radius 2 is 2.25 bits per heavy atom. The van der Waals surface area contributed by atoms with Gasteiger partial charge in [-0.3, -0.25) is 0 Å². The lowest BCUT2D eigenvalue weighted by molar-refractivity contribution is 0.111. The standard InChI is InChI=1S/C16H19N5OS.ClH/c1-3-21-13-8-11-10(7-12(13)19-16(21)23)15(18-9-17-11)20(2)14-5-4-6-22-14;/h7-9,14H,3-6H2,1-2H3,(H,19,23);1H. The summed E-state index contributed by atoms with van der Waals surface area (Å²) in [4.78, 5) is 14.3. The first-order valence-electron chi connectivity index (χ1n) is 7.90. The average molecular weight is 366 g/mol. The molecule has 3 heterocycles. The number of nitrogens with zero attached hydrogens (tertiary/aromatic N) is 4. The molecule has 4 rings (SSSR count). The van der Waals surface area contributed by atoms with Crippen LogP contribution in [0.5, 0.6) is 0 Å². The predicted molar refractivity (Wildman–Crippen MR) is 101 cm³/mol. The summed E-state index contributed by atoms with van der Waals surface area (Å²) < 4.78 is 8.60. The molecule has 6 nitrogen and oxygen atoms in total. The van der Waals surface area contributed by atoms with Crippen LogP contribution in [0.1, 0.15) is 19.8 Å². The van der Waals surface area contributed by atoms with Gasteiger partial charge in [0.25, 0.3) is 0 Å². The Labute approximate surface area is 151 Å². The fourth-order valence-corrected chi connectivity index (χ4v) is 3.63. The largest absolute Gasteiger partial charge is 0.358 e. The molecule has 0 saturated carbocycles. The van der Waals surface area contributed by atoms with Crippen molar-refractivity contribution in [1.29, 1.82) is 0 Å². The molecule has 1 aliphatic rings. The average Bonchev–Trinajstić information content (AvgIpc) is 3.18. The van der Waals surface area contributed by atoms with Gasteiger partial charge in [-0.25, -0.2) is 9.97 Å². The SMILES string of the molecule is CCn1c(=S)[nH]c2cc3c(N(C)C4CCCO4)ncnc3cc21.Cl. The summed E-state index contributed by atoms with van der Waals surface area (Å²) in [7, 11) is 2.03. The van der Waals surface area contributed by atoms with Crippen molar-refractivity contribution in [2.45, 2.75) is 32.5 Å². The molecule has 0 amide bonds. The summed E-state index contributed by atoms with van der Waals surface area (Å²) in [6, 6.07) is 4.17. The van der Waals surface area contributed by atoms with E-state index in [0.29, 0.717) is 0 Å². The second-order valence-corrected chi connectivity index (χ2v) is 6.22. The van der Waals surface area contributed by atoms with Gasteiger partial charge in [0.1, 0.15) is 18.4 Å².